The van der Waals surface area contributed by atoms with Gasteiger partial charge in [0, 0.05) is 48.6 Å². The van der Waals surface area contributed by atoms with Gasteiger partial charge in [0.05, 0.1) is 6.10 Å². The van der Waals surface area contributed by atoms with Crippen LogP contribution >= 0.6 is 11.3 Å². The van der Waals surface area contributed by atoms with E-state index in [0.29, 0.717) is 12.1 Å². The molecule has 1 fully saturated rings. The van der Waals surface area contributed by atoms with Crippen LogP contribution in [0.3, 0.4) is 0 Å². The van der Waals surface area contributed by atoms with Crippen molar-refractivity contribution in [3.05, 3.63) is 62.6 Å². The van der Waals surface area contributed by atoms with E-state index < -0.39 is 5.63 Å². The lowest BCUT2D eigenvalue weighted by atomic mass is 10.1. The third kappa shape index (κ3) is 3.98. The van der Waals surface area contributed by atoms with Gasteiger partial charge in [0.25, 0.3) is 0 Å². The number of phenolic OH excluding ortho intramolecular Hbond substituents is 1. The fourth-order valence-corrected chi connectivity index (χ4v) is 4.22. The highest BCUT2D eigenvalue weighted by Crippen LogP contribution is 2.25. The molecule has 1 aliphatic rings. The highest BCUT2D eigenvalue weighted by Gasteiger charge is 2.21. The normalized spacial score (nSPS) is 17.3. The minimum absolute atomic E-state index is 0.0904. The number of aromatic hydroxyl groups is 1. The van der Waals surface area contributed by atoms with Gasteiger partial charge in [0.2, 0.25) is 0 Å². The van der Waals surface area contributed by atoms with Crippen molar-refractivity contribution in [3.63, 3.8) is 0 Å². The molecule has 0 radical (unpaired) electrons. The summed E-state index contributed by atoms with van der Waals surface area (Å²) in [5, 5.41) is 12.6. The lowest BCUT2D eigenvalue weighted by molar-refractivity contribution is 0.0683. The molecule has 0 saturated carbocycles. The molecule has 1 aliphatic heterocycles. The second-order valence-corrected chi connectivity index (χ2v) is 7.69. The van der Waals surface area contributed by atoms with E-state index in [1.807, 2.05) is 0 Å². The summed E-state index contributed by atoms with van der Waals surface area (Å²) in [6.07, 6.45) is 2.42. The van der Waals surface area contributed by atoms with Crippen molar-refractivity contribution in [1.29, 1.82) is 0 Å². The zero-order chi connectivity index (χ0) is 17.9. The van der Waals surface area contributed by atoms with E-state index in [0.717, 1.165) is 43.5 Å². The first kappa shape index (κ1) is 17.3. The van der Waals surface area contributed by atoms with Crippen LogP contribution in [0, 0.1) is 0 Å². The molecule has 1 saturated heterocycles. The molecule has 136 valence electrons. The molecule has 26 heavy (non-hydrogen) atoms. The summed E-state index contributed by atoms with van der Waals surface area (Å²) in [5.74, 6) is 0.0904. The fraction of sp³-hybridized carbons (Fsp3) is 0.350. The van der Waals surface area contributed by atoms with E-state index in [2.05, 4.69) is 22.4 Å². The highest BCUT2D eigenvalue weighted by molar-refractivity contribution is 7.09. The first-order chi connectivity index (χ1) is 12.7. The Labute approximate surface area is 155 Å². The molecule has 6 heteroatoms. The summed E-state index contributed by atoms with van der Waals surface area (Å²) in [6, 6.07) is 10.6. The monoisotopic (exact) mass is 371 g/mol. The van der Waals surface area contributed by atoms with Crippen LogP contribution in [0.25, 0.3) is 11.0 Å². The van der Waals surface area contributed by atoms with Gasteiger partial charge in [0.1, 0.15) is 11.3 Å². The van der Waals surface area contributed by atoms with Gasteiger partial charge in [0.15, 0.2) is 0 Å². The molecule has 2 aromatic heterocycles. The molecule has 3 aromatic rings. The number of fused-ring (bicyclic) bond motifs is 1. The Hall–Kier alpha value is -2.15. The molecule has 0 spiro atoms. The summed E-state index contributed by atoms with van der Waals surface area (Å²) in [6.45, 7) is 3.11. The molecule has 3 heterocycles. The summed E-state index contributed by atoms with van der Waals surface area (Å²) in [4.78, 5) is 15.6. The number of ether oxygens (including phenoxy) is 1. The summed E-state index contributed by atoms with van der Waals surface area (Å²) in [7, 11) is 0. The average molecular weight is 371 g/mol. The lowest BCUT2D eigenvalue weighted by Gasteiger charge is -2.25. The van der Waals surface area contributed by atoms with Crippen LogP contribution in [0.15, 0.2) is 51.0 Å². The van der Waals surface area contributed by atoms with Gasteiger partial charge in [-0.15, -0.1) is 11.3 Å². The van der Waals surface area contributed by atoms with Crippen molar-refractivity contribution in [2.45, 2.75) is 32.0 Å². The maximum atomic E-state index is 12.0. The molecule has 1 aromatic carbocycles. The minimum atomic E-state index is -0.397. The summed E-state index contributed by atoms with van der Waals surface area (Å²) in [5.41, 5.74) is 0.929. The Bertz CT molecular complexity index is 929. The van der Waals surface area contributed by atoms with Crippen LogP contribution in [0.5, 0.6) is 5.75 Å². The van der Waals surface area contributed by atoms with Crippen molar-refractivity contribution in [2.24, 2.45) is 0 Å². The van der Waals surface area contributed by atoms with Crippen LogP contribution in [-0.2, 0) is 17.8 Å². The van der Waals surface area contributed by atoms with E-state index in [1.54, 1.807) is 29.5 Å². The zero-order valence-corrected chi connectivity index (χ0v) is 15.2. The molecule has 0 unspecified atom stereocenters. The zero-order valence-electron chi connectivity index (χ0n) is 14.4. The molecule has 4 rings (SSSR count). The number of hydrogen-bond acceptors (Lipinski definition) is 6. The minimum Gasteiger partial charge on any atom is -0.508 e. The molecule has 5 nitrogen and oxygen atoms in total. The van der Waals surface area contributed by atoms with E-state index in [9.17, 15) is 9.90 Å². The van der Waals surface area contributed by atoms with Crippen molar-refractivity contribution in [2.75, 3.05) is 13.2 Å². The number of nitrogens with zero attached hydrogens (tertiary/aromatic N) is 1. The van der Waals surface area contributed by atoms with Gasteiger partial charge in [-0.3, -0.25) is 4.90 Å². The third-order valence-corrected chi connectivity index (χ3v) is 5.51. The SMILES string of the molecule is O=c1cc(CN(Cc2cccs2)C[C@@H]2CCCO2)c2ccc(O)cc2o1. The fourth-order valence-electron chi connectivity index (χ4n) is 3.47. The van der Waals surface area contributed by atoms with Crippen LogP contribution in [0.1, 0.15) is 23.3 Å². The molecule has 0 bridgehead atoms. The van der Waals surface area contributed by atoms with Crippen molar-refractivity contribution in [3.8, 4) is 5.75 Å². The van der Waals surface area contributed by atoms with Crippen molar-refractivity contribution < 1.29 is 14.3 Å². The Morgan fingerprint density at radius 2 is 2.15 bits per heavy atom. The maximum Gasteiger partial charge on any atom is 0.336 e. The topological polar surface area (TPSA) is 62.9 Å². The number of thiophene rings is 1. The van der Waals surface area contributed by atoms with Gasteiger partial charge in [-0.2, -0.15) is 0 Å². The number of phenols is 1. The van der Waals surface area contributed by atoms with Gasteiger partial charge < -0.3 is 14.3 Å². The van der Waals surface area contributed by atoms with Crippen LogP contribution < -0.4 is 5.63 Å². The number of benzene rings is 1. The summed E-state index contributed by atoms with van der Waals surface area (Å²) >= 11 is 1.73. The van der Waals surface area contributed by atoms with Crippen molar-refractivity contribution >= 4 is 22.3 Å². The van der Waals surface area contributed by atoms with Crippen LogP contribution in [-0.4, -0.2) is 29.3 Å². The molecule has 0 amide bonds. The van der Waals surface area contributed by atoms with Gasteiger partial charge in [-0.1, -0.05) is 6.07 Å². The van der Waals surface area contributed by atoms with Gasteiger partial charge in [-0.05, 0) is 42.0 Å². The van der Waals surface area contributed by atoms with E-state index >= 15 is 0 Å². The van der Waals surface area contributed by atoms with Gasteiger partial charge in [-0.25, -0.2) is 4.79 Å². The highest BCUT2D eigenvalue weighted by atomic mass is 32.1. The Morgan fingerprint density at radius 3 is 2.92 bits per heavy atom. The predicted octanol–water partition coefficient (Wildman–Crippen LogP) is 3.74. The lowest BCUT2D eigenvalue weighted by Crippen LogP contribution is -2.31. The van der Waals surface area contributed by atoms with Crippen LogP contribution in [0.4, 0.5) is 0 Å². The molecular weight excluding hydrogens is 350 g/mol. The van der Waals surface area contributed by atoms with E-state index in [4.69, 9.17) is 9.15 Å². The Balaban J connectivity index is 1.63. The largest absolute Gasteiger partial charge is 0.508 e. The molecule has 1 N–H and O–H groups in total. The summed E-state index contributed by atoms with van der Waals surface area (Å²) < 4.78 is 11.1. The first-order valence-electron chi connectivity index (χ1n) is 8.79. The smallest absolute Gasteiger partial charge is 0.336 e. The van der Waals surface area contributed by atoms with E-state index in [1.165, 1.54) is 10.9 Å². The first-order valence-corrected chi connectivity index (χ1v) is 9.67. The second-order valence-electron chi connectivity index (χ2n) is 6.66. The standard InChI is InChI=1S/C20H21NO4S/c22-15-5-6-18-14(9-20(23)25-19(18)10-15)11-21(12-16-3-1-7-24-16)13-17-4-2-8-26-17/h2,4-6,8-10,16,22H,1,3,7,11-13H2/t16-/m0/s1. The van der Waals surface area contributed by atoms with Crippen LogP contribution in [0.2, 0.25) is 0 Å². The third-order valence-electron chi connectivity index (χ3n) is 4.65. The Kier molecular flexibility index (Phi) is 5.06. The maximum absolute atomic E-state index is 12.0. The number of rotatable bonds is 6. The number of hydrogen-bond donors (Lipinski definition) is 1. The molecule has 0 aliphatic carbocycles. The van der Waals surface area contributed by atoms with E-state index in [-0.39, 0.29) is 11.9 Å². The second kappa shape index (κ2) is 7.61. The Morgan fingerprint density at radius 1 is 1.23 bits per heavy atom. The molecular formula is C20H21NO4S. The average Bonchev–Trinajstić information content (AvgIpc) is 3.28. The van der Waals surface area contributed by atoms with Gasteiger partial charge >= 0.3 is 5.63 Å². The predicted molar refractivity (Wildman–Crippen MR) is 102 cm³/mol. The quantitative estimate of drug-likeness (QED) is 0.669. The molecule has 1 atom stereocenters. The van der Waals surface area contributed by atoms with Crippen molar-refractivity contribution in [1.82, 2.24) is 4.90 Å².